The molecule has 1 fully saturated rings. The number of carbonyl (C=O) groups excluding carboxylic acids is 1. The molecule has 0 aliphatic heterocycles. The van der Waals surface area contributed by atoms with Gasteiger partial charge in [0, 0.05) is 5.92 Å². The second kappa shape index (κ2) is 7.08. The van der Waals surface area contributed by atoms with Crippen molar-refractivity contribution < 1.29 is 4.79 Å². The van der Waals surface area contributed by atoms with Crippen molar-refractivity contribution in [1.29, 1.82) is 0 Å². The number of aryl methyl sites for hydroxylation is 1. The Hall–Kier alpha value is -1.35. The van der Waals surface area contributed by atoms with Crippen molar-refractivity contribution in [3.8, 4) is 0 Å². The lowest BCUT2D eigenvalue weighted by molar-refractivity contribution is -0.127. The van der Waals surface area contributed by atoms with Gasteiger partial charge in [0.15, 0.2) is 0 Å². The summed E-state index contributed by atoms with van der Waals surface area (Å²) in [6.07, 6.45) is 3.19. The number of amides is 1. The van der Waals surface area contributed by atoms with Crippen molar-refractivity contribution in [3.05, 3.63) is 35.4 Å². The summed E-state index contributed by atoms with van der Waals surface area (Å²) in [6.45, 7) is 7.04. The van der Waals surface area contributed by atoms with E-state index in [1.54, 1.807) is 0 Å². The summed E-state index contributed by atoms with van der Waals surface area (Å²) in [4.78, 5) is 12.6. The highest BCUT2D eigenvalue weighted by atomic mass is 16.2. The fourth-order valence-corrected chi connectivity index (χ4v) is 3.46. The second-order valence-electron chi connectivity index (χ2n) is 6.62. The zero-order valence-electron chi connectivity index (χ0n) is 13.4. The van der Waals surface area contributed by atoms with Crippen molar-refractivity contribution in [2.45, 2.75) is 46.1 Å². The molecule has 3 N–H and O–H groups in total. The molecule has 3 heteroatoms. The lowest BCUT2D eigenvalue weighted by Crippen LogP contribution is -2.39. The van der Waals surface area contributed by atoms with E-state index in [0.29, 0.717) is 18.4 Å². The maximum absolute atomic E-state index is 12.6. The lowest BCUT2D eigenvalue weighted by Gasteiger charge is -2.27. The summed E-state index contributed by atoms with van der Waals surface area (Å²) >= 11 is 0. The van der Waals surface area contributed by atoms with Crippen molar-refractivity contribution in [2.75, 3.05) is 6.54 Å². The Morgan fingerprint density at radius 1 is 1.33 bits per heavy atom. The van der Waals surface area contributed by atoms with Crippen LogP contribution in [0.25, 0.3) is 0 Å². The van der Waals surface area contributed by atoms with Gasteiger partial charge in [0.25, 0.3) is 0 Å². The molecule has 1 aliphatic carbocycles. The first-order valence-electron chi connectivity index (χ1n) is 8.10. The molecule has 1 amide bonds. The third-order valence-corrected chi connectivity index (χ3v) is 4.79. The van der Waals surface area contributed by atoms with Crippen LogP contribution in [0.2, 0.25) is 0 Å². The summed E-state index contributed by atoms with van der Waals surface area (Å²) in [5, 5.41) is 3.29. The van der Waals surface area contributed by atoms with E-state index >= 15 is 0 Å². The van der Waals surface area contributed by atoms with Crippen LogP contribution < -0.4 is 11.1 Å². The Morgan fingerprint density at radius 3 is 2.67 bits per heavy atom. The minimum Gasteiger partial charge on any atom is -0.349 e. The molecular formula is C18H28N2O. The number of nitrogens with one attached hydrogen (secondary N) is 1. The monoisotopic (exact) mass is 288 g/mol. The molecule has 0 saturated heterocycles. The quantitative estimate of drug-likeness (QED) is 0.874. The molecule has 0 radical (unpaired) electrons. The molecule has 21 heavy (non-hydrogen) atoms. The van der Waals surface area contributed by atoms with Gasteiger partial charge in [-0.15, -0.1) is 0 Å². The van der Waals surface area contributed by atoms with Gasteiger partial charge < -0.3 is 11.1 Å². The highest BCUT2D eigenvalue weighted by Gasteiger charge is 2.33. The van der Waals surface area contributed by atoms with Gasteiger partial charge in [0.05, 0.1) is 6.04 Å². The summed E-state index contributed by atoms with van der Waals surface area (Å²) in [5.74, 6) is 1.01. The largest absolute Gasteiger partial charge is 0.349 e. The van der Waals surface area contributed by atoms with E-state index in [2.05, 4.69) is 38.2 Å². The van der Waals surface area contributed by atoms with Crippen molar-refractivity contribution in [3.63, 3.8) is 0 Å². The zero-order chi connectivity index (χ0) is 15.4. The first-order valence-corrected chi connectivity index (χ1v) is 8.10. The average molecular weight is 288 g/mol. The summed E-state index contributed by atoms with van der Waals surface area (Å²) < 4.78 is 0. The Labute approximate surface area is 128 Å². The molecule has 0 bridgehead atoms. The second-order valence-corrected chi connectivity index (χ2v) is 6.62. The van der Waals surface area contributed by atoms with Crippen LogP contribution in [-0.4, -0.2) is 12.5 Å². The standard InChI is InChI=1S/C18H28N2O/c1-12(2)17(15-9-5-4-7-13(15)3)20-18(21)16-10-6-8-14(16)11-19/h4-5,7,9,12,14,16-17H,6,8,10-11,19H2,1-3H3,(H,20,21)/t14-,16-,17?/m1/s1. The van der Waals surface area contributed by atoms with Crippen molar-refractivity contribution in [2.24, 2.45) is 23.5 Å². The zero-order valence-corrected chi connectivity index (χ0v) is 13.4. The fourth-order valence-electron chi connectivity index (χ4n) is 3.46. The maximum atomic E-state index is 12.6. The minimum atomic E-state index is 0.0812. The molecule has 116 valence electrons. The van der Waals surface area contributed by atoms with E-state index in [4.69, 9.17) is 5.73 Å². The molecule has 3 nitrogen and oxygen atoms in total. The molecule has 1 aromatic carbocycles. The van der Waals surface area contributed by atoms with Crippen molar-refractivity contribution in [1.82, 2.24) is 5.32 Å². The molecule has 0 aromatic heterocycles. The number of nitrogens with two attached hydrogens (primary N) is 1. The number of benzene rings is 1. The SMILES string of the molecule is Cc1ccccc1C(NC(=O)[C@@H]1CCC[C@@H]1CN)C(C)C. The van der Waals surface area contributed by atoms with Gasteiger partial charge in [-0.05, 0) is 49.3 Å². The third-order valence-electron chi connectivity index (χ3n) is 4.79. The van der Waals surface area contributed by atoms with E-state index in [0.717, 1.165) is 19.3 Å². The molecule has 1 unspecified atom stereocenters. The van der Waals surface area contributed by atoms with Gasteiger partial charge in [-0.1, -0.05) is 44.5 Å². The van der Waals surface area contributed by atoms with Crippen LogP contribution in [0.5, 0.6) is 0 Å². The Morgan fingerprint density at radius 2 is 2.05 bits per heavy atom. The Bertz CT molecular complexity index is 484. The van der Waals surface area contributed by atoms with Crippen LogP contribution in [0.1, 0.15) is 50.3 Å². The van der Waals surface area contributed by atoms with Gasteiger partial charge in [0.1, 0.15) is 0 Å². The van der Waals surface area contributed by atoms with E-state index in [-0.39, 0.29) is 17.9 Å². The lowest BCUT2D eigenvalue weighted by atomic mass is 9.90. The number of hydrogen-bond donors (Lipinski definition) is 2. The molecule has 2 rings (SSSR count). The van der Waals surface area contributed by atoms with Gasteiger partial charge in [0.2, 0.25) is 5.91 Å². The van der Waals surface area contributed by atoms with Crippen molar-refractivity contribution >= 4 is 5.91 Å². The molecule has 3 atom stereocenters. The van der Waals surface area contributed by atoms with E-state index < -0.39 is 0 Å². The molecule has 1 aliphatic rings. The molecule has 0 heterocycles. The Balaban J connectivity index is 2.14. The van der Waals surface area contributed by atoms with Crippen LogP contribution in [0, 0.1) is 24.7 Å². The van der Waals surface area contributed by atoms with E-state index in [9.17, 15) is 4.79 Å². The van der Waals surface area contributed by atoms with E-state index in [1.165, 1.54) is 11.1 Å². The van der Waals surface area contributed by atoms with E-state index in [1.807, 2.05) is 12.1 Å². The summed E-state index contributed by atoms with van der Waals surface area (Å²) in [6, 6.07) is 8.39. The van der Waals surface area contributed by atoms with Crippen LogP contribution >= 0.6 is 0 Å². The average Bonchev–Trinajstić information content (AvgIpc) is 2.93. The number of carbonyl (C=O) groups is 1. The van der Waals surface area contributed by atoms with Crippen LogP contribution in [0.3, 0.4) is 0 Å². The normalized spacial score (nSPS) is 23.3. The number of rotatable bonds is 5. The third kappa shape index (κ3) is 3.65. The van der Waals surface area contributed by atoms with Gasteiger partial charge in [-0.3, -0.25) is 4.79 Å². The first kappa shape index (κ1) is 16.0. The van der Waals surface area contributed by atoms with Gasteiger partial charge >= 0.3 is 0 Å². The van der Waals surface area contributed by atoms with Crippen LogP contribution in [0.15, 0.2) is 24.3 Å². The minimum absolute atomic E-state index is 0.0812. The summed E-state index contributed by atoms with van der Waals surface area (Å²) in [5.41, 5.74) is 8.27. The fraction of sp³-hybridized carbons (Fsp3) is 0.611. The Kier molecular flexibility index (Phi) is 5.40. The highest BCUT2D eigenvalue weighted by Crippen LogP contribution is 2.32. The predicted octanol–water partition coefficient (Wildman–Crippen LogP) is 3.18. The molecule has 0 spiro atoms. The van der Waals surface area contributed by atoms with Gasteiger partial charge in [-0.25, -0.2) is 0 Å². The maximum Gasteiger partial charge on any atom is 0.223 e. The first-order chi connectivity index (χ1) is 10.0. The molecular weight excluding hydrogens is 260 g/mol. The summed E-state index contributed by atoms with van der Waals surface area (Å²) in [7, 11) is 0. The van der Waals surface area contributed by atoms with Crippen LogP contribution in [-0.2, 0) is 4.79 Å². The highest BCUT2D eigenvalue weighted by molar-refractivity contribution is 5.79. The number of hydrogen-bond acceptors (Lipinski definition) is 2. The predicted molar refractivity (Wildman–Crippen MR) is 86.8 cm³/mol. The molecule has 1 aromatic rings. The molecule has 1 saturated carbocycles. The van der Waals surface area contributed by atoms with Gasteiger partial charge in [-0.2, -0.15) is 0 Å². The smallest absolute Gasteiger partial charge is 0.223 e. The topological polar surface area (TPSA) is 55.1 Å². The van der Waals surface area contributed by atoms with Crippen LogP contribution in [0.4, 0.5) is 0 Å².